The molecule has 4 nitrogen and oxygen atoms in total. The highest BCUT2D eigenvalue weighted by Gasteiger charge is 2.22. The van der Waals surface area contributed by atoms with Gasteiger partial charge >= 0.3 is 0 Å². The molecule has 2 aromatic rings. The lowest BCUT2D eigenvalue weighted by atomic mass is 10.0. The average Bonchev–Trinajstić information content (AvgIpc) is 2.40. The summed E-state index contributed by atoms with van der Waals surface area (Å²) in [4.78, 5) is 4.59. The zero-order chi connectivity index (χ0) is 16.7. The molecule has 0 saturated heterocycles. The van der Waals surface area contributed by atoms with Crippen molar-refractivity contribution in [1.82, 2.24) is 4.98 Å². The molecule has 22 heavy (non-hydrogen) atoms. The maximum atomic E-state index is 12.8. The van der Waals surface area contributed by atoms with Gasteiger partial charge in [0, 0.05) is 4.47 Å². The van der Waals surface area contributed by atoms with E-state index < -0.39 is 10.0 Å². The third kappa shape index (κ3) is 3.17. The molecule has 0 amide bonds. The SMILES string of the molecule is Cc1cc(C)c(C)c(S(=O)(=O)Nc2ccc(Br)c(C)n2)c1C. The van der Waals surface area contributed by atoms with Gasteiger partial charge in [0.1, 0.15) is 5.82 Å². The minimum absolute atomic E-state index is 0.318. The van der Waals surface area contributed by atoms with Crippen LogP contribution in [0, 0.1) is 34.6 Å². The van der Waals surface area contributed by atoms with Crippen molar-refractivity contribution in [1.29, 1.82) is 0 Å². The summed E-state index contributed by atoms with van der Waals surface area (Å²) in [5, 5.41) is 0. The van der Waals surface area contributed by atoms with Crippen molar-refractivity contribution in [3.8, 4) is 0 Å². The summed E-state index contributed by atoms with van der Waals surface area (Å²) in [7, 11) is -3.68. The Hall–Kier alpha value is -1.40. The first-order valence-electron chi connectivity index (χ1n) is 6.87. The van der Waals surface area contributed by atoms with E-state index in [1.54, 1.807) is 12.1 Å². The van der Waals surface area contributed by atoms with Crippen molar-refractivity contribution in [2.75, 3.05) is 4.72 Å². The summed E-state index contributed by atoms with van der Waals surface area (Å²) in [6.45, 7) is 9.31. The first-order valence-corrected chi connectivity index (χ1v) is 9.14. The highest BCUT2D eigenvalue weighted by molar-refractivity contribution is 9.10. The van der Waals surface area contributed by atoms with Crippen LogP contribution in [0.4, 0.5) is 5.82 Å². The molecule has 1 heterocycles. The molecule has 0 unspecified atom stereocenters. The van der Waals surface area contributed by atoms with Crippen LogP contribution in [0.3, 0.4) is 0 Å². The Morgan fingerprint density at radius 2 is 1.55 bits per heavy atom. The maximum absolute atomic E-state index is 12.8. The van der Waals surface area contributed by atoms with E-state index in [9.17, 15) is 8.42 Å². The third-order valence-corrected chi connectivity index (χ3v) is 6.29. The van der Waals surface area contributed by atoms with E-state index in [2.05, 4.69) is 25.6 Å². The monoisotopic (exact) mass is 382 g/mol. The van der Waals surface area contributed by atoms with E-state index in [4.69, 9.17) is 0 Å². The van der Waals surface area contributed by atoms with E-state index >= 15 is 0 Å². The minimum Gasteiger partial charge on any atom is -0.263 e. The fourth-order valence-corrected chi connectivity index (χ4v) is 4.21. The fraction of sp³-hybridized carbons (Fsp3) is 0.312. The number of rotatable bonds is 3. The molecule has 0 fully saturated rings. The van der Waals surface area contributed by atoms with Crippen LogP contribution in [0.2, 0.25) is 0 Å². The van der Waals surface area contributed by atoms with Gasteiger partial charge in [0.2, 0.25) is 0 Å². The van der Waals surface area contributed by atoms with Crippen molar-refractivity contribution >= 4 is 31.8 Å². The van der Waals surface area contributed by atoms with Crippen LogP contribution in [-0.4, -0.2) is 13.4 Å². The molecule has 0 aliphatic rings. The predicted octanol–water partition coefficient (Wildman–Crippen LogP) is 4.19. The quantitative estimate of drug-likeness (QED) is 0.865. The topological polar surface area (TPSA) is 59.1 Å². The number of anilines is 1. The molecule has 2 rings (SSSR count). The van der Waals surface area contributed by atoms with E-state index in [1.807, 2.05) is 40.7 Å². The number of benzene rings is 1. The lowest BCUT2D eigenvalue weighted by Crippen LogP contribution is -2.18. The van der Waals surface area contributed by atoms with Gasteiger partial charge in [0.05, 0.1) is 10.6 Å². The van der Waals surface area contributed by atoms with Crippen molar-refractivity contribution < 1.29 is 8.42 Å². The summed E-state index contributed by atoms with van der Waals surface area (Å²) in [5.74, 6) is 0.318. The summed E-state index contributed by atoms with van der Waals surface area (Å²) in [5.41, 5.74) is 4.19. The molecule has 0 spiro atoms. The zero-order valence-corrected chi connectivity index (χ0v) is 15.7. The number of halogens is 1. The molecule has 0 aliphatic carbocycles. The average molecular weight is 383 g/mol. The number of aryl methyl sites for hydroxylation is 3. The second kappa shape index (κ2) is 6.01. The Morgan fingerprint density at radius 3 is 2.05 bits per heavy atom. The van der Waals surface area contributed by atoms with Crippen LogP contribution in [0.1, 0.15) is 27.9 Å². The van der Waals surface area contributed by atoms with E-state index in [-0.39, 0.29) is 0 Å². The molecule has 1 aromatic heterocycles. The second-order valence-electron chi connectivity index (χ2n) is 5.46. The van der Waals surface area contributed by atoms with Crippen molar-refractivity contribution in [2.24, 2.45) is 0 Å². The summed E-state index contributed by atoms with van der Waals surface area (Å²) < 4.78 is 29.0. The molecule has 6 heteroatoms. The lowest BCUT2D eigenvalue weighted by molar-refractivity contribution is 0.599. The number of pyridine rings is 1. The largest absolute Gasteiger partial charge is 0.263 e. The van der Waals surface area contributed by atoms with Gasteiger partial charge in [-0.05, 0) is 84.9 Å². The Bertz CT molecular complexity index is 819. The first kappa shape index (κ1) is 17.0. The van der Waals surface area contributed by atoms with Gasteiger partial charge in [0.15, 0.2) is 0 Å². The van der Waals surface area contributed by atoms with Gasteiger partial charge < -0.3 is 0 Å². The fourth-order valence-electron chi connectivity index (χ4n) is 2.37. The molecule has 0 atom stereocenters. The van der Waals surface area contributed by atoms with Crippen LogP contribution in [-0.2, 0) is 10.0 Å². The highest BCUT2D eigenvalue weighted by Crippen LogP contribution is 2.28. The molecule has 1 aromatic carbocycles. The van der Waals surface area contributed by atoms with Crippen LogP contribution in [0.25, 0.3) is 0 Å². The standard InChI is InChI=1S/C16H19BrN2O2S/c1-9-8-10(2)12(4)16(11(9)3)22(20,21)19-15-7-6-14(17)13(5)18-15/h6-8H,1-5H3,(H,18,19). The number of hydrogen-bond donors (Lipinski definition) is 1. The summed E-state index contributed by atoms with van der Waals surface area (Å²) >= 11 is 3.36. The van der Waals surface area contributed by atoms with Gasteiger partial charge in [-0.15, -0.1) is 0 Å². The Morgan fingerprint density at radius 1 is 1.00 bits per heavy atom. The van der Waals surface area contributed by atoms with Crippen molar-refractivity contribution in [3.05, 3.63) is 50.6 Å². The molecule has 0 saturated carbocycles. The van der Waals surface area contributed by atoms with Crippen molar-refractivity contribution in [3.63, 3.8) is 0 Å². The second-order valence-corrected chi connectivity index (χ2v) is 7.93. The van der Waals surface area contributed by atoms with Gasteiger partial charge in [-0.3, -0.25) is 4.72 Å². The van der Waals surface area contributed by atoms with Gasteiger partial charge in [-0.1, -0.05) is 6.07 Å². The van der Waals surface area contributed by atoms with Crippen LogP contribution in [0.5, 0.6) is 0 Å². The van der Waals surface area contributed by atoms with Gasteiger partial charge in [-0.2, -0.15) is 0 Å². The number of nitrogens with one attached hydrogen (secondary N) is 1. The smallest absolute Gasteiger partial charge is 0.263 e. The third-order valence-electron chi connectivity index (χ3n) is 3.83. The van der Waals surface area contributed by atoms with Crippen LogP contribution in [0.15, 0.2) is 27.6 Å². The summed E-state index contributed by atoms with van der Waals surface area (Å²) in [6, 6.07) is 5.43. The summed E-state index contributed by atoms with van der Waals surface area (Å²) in [6.07, 6.45) is 0. The Labute approximate surface area is 140 Å². The molecule has 0 aliphatic heterocycles. The Balaban J connectivity index is 2.54. The molecule has 0 bridgehead atoms. The number of sulfonamides is 1. The van der Waals surface area contributed by atoms with E-state index in [0.717, 1.165) is 32.4 Å². The van der Waals surface area contributed by atoms with Gasteiger partial charge in [0.25, 0.3) is 10.0 Å². The molecular formula is C16H19BrN2O2S. The maximum Gasteiger partial charge on any atom is 0.263 e. The zero-order valence-electron chi connectivity index (χ0n) is 13.3. The van der Waals surface area contributed by atoms with E-state index in [0.29, 0.717) is 10.7 Å². The van der Waals surface area contributed by atoms with Crippen molar-refractivity contribution in [2.45, 2.75) is 39.5 Å². The number of hydrogen-bond acceptors (Lipinski definition) is 3. The minimum atomic E-state index is -3.68. The van der Waals surface area contributed by atoms with Gasteiger partial charge in [-0.25, -0.2) is 13.4 Å². The van der Waals surface area contributed by atoms with E-state index in [1.165, 1.54) is 0 Å². The Kier molecular flexibility index (Phi) is 4.63. The molecular weight excluding hydrogens is 364 g/mol. The molecule has 118 valence electrons. The number of aromatic nitrogens is 1. The number of nitrogens with zero attached hydrogens (tertiary/aromatic N) is 1. The normalized spacial score (nSPS) is 11.5. The molecule has 1 N–H and O–H groups in total. The van der Waals surface area contributed by atoms with Crippen LogP contribution < -0.4 is 4.72 Å². The van der Waals surface area contributed by atoms with Crippen LogP contribution >= 0.6 is 15.9 Å². The lowest BCUT2D eigenvalue weighted by Gasteiger charge is -2.16. The molecule has 0 radical (unpaired) electrons. The predicted molar refractivity (Wildman–Crippen MR) is 92.9 cm³/mol. The first-order chi connectivity index (χ1) is 10.1. The highest BCUT2D eigenvalue weighted by atomic mass is 79.9.